The number of furan rings is 1. The number of hydrogen-bond acceptors (Lipinski definition) is 5. The molecule has 0 fully saturated rings. The Kier molecular flexibility index (Phi) is 6.71. The normalized spacial score (nSPS) is 17.2. The lowest BCUT2D eigenvalue weighted by atomic mass is 9.95. The molecule has 0 bridgehead atoms. The fourth-order valence-corrected chi connectivity index (χ4v) is 3.77. The van der Waals surface area contributed by atoms with Crippen LogP contribution < -0.4 is 0 Å². The third kappa shape index (κ3) is 4.86. The maximum atomic E-state index is 12.9. The minimum atomic E-state index is -0.643. The fourth-order valence-electron chi connectivity index (χ4n) is 3.35. The first-order valence-corrected chi connectivity index (χ1v) is 10.1. The van der Waals surface area contributed by atoms with Crippen molar-refractivity contribution in [3.8, 4) is 0 Å². The zero-order valence-corrected chi connectivity index (χ0v) is 17.9. The van der Waals surface area contributed by atoms with E-state index >= 15 is 0 Å². The SMILES string of the molecule is CN(C)CCCN1C(=O)C(O)=C(C(=O)/C=C/c2ccco2)C1c1cccc(Br)c1. The number of nitrogens with zero attached hydrogens (tertiary/aromatic N) is 2. The maximum absolute atomic E-state index is 12.9. The Hall–Kier alpha value is -2.64. The fraction of sp³-hybridized carbons (Fsp3) is 0.273. The molecule has 0 spiro atoms. The molecule has 0 radical (unpaired) electrons. The number of allylic oxidation sites excluding steroid dienone is 1. The summed E-state index contributed by atoms with van der Waals surface area (Å²) < 4.78 is 6.05. The summed E-state index contributed by atoms with van der Waals surface area (Å²) in [6.45, 7) is 1.22. The van der Waals surface area contributed by atoms with E-state index in [-0.39, 0.29) is 5.57 Å². The number of benzene rings is 1. The molecule has 3 rings (SSSR count). The first-order chi connectivity index (χ1) is 13.9. The van der Waals surface area contributed by atoms with Gasteiger partial charge >= 0.3 is 0 Å². The van der Waals surface area contributed by atoms with E-state index in [4.69, 9.17) is 4.42 Å². The number of amides is 1. The van der Waals surface area contributed by atoms with Crippen LogP contribution in [-0.4, -0.2) is 53.8 Å². The topological polar surface area (TPSA) is 74.0 Å². The van der Waals surface area contributed by atoms with Crippen molar-refractivity contribution in [3.63, 3.8) is 0 Å². The van der Waals surface area contributed by atoms with E-state index in [1.54, 1.807) is 17.0 Å². The van der Waals surface area contributed by atoms with Crippen molar-refractivity contribution >= 4 is 33.7 Å². The summed E-state index contributed by atoms with van der Waals surface area (Å²) in [5.41, 5.74) is 0.845. The number of carbonyl (C=O) groups is 2. The van der Waals surface area contributed by atoms with Crippen LogP contribution in [0.2, 0.25) is 0 Å². The van der Waals surface area contributed by atoms with E-state index in [1.165, 1.54) is 18.4 Å². The Labute approximate surface area is 178 Å². The van der Waals surface area contributed by atoms with Crippen molar-refractivity contribution < 1.29 is 19.1 Å². The summed E-state index contributed by atoms with van der Waals surface area (Å²) in [6, 6.07) is 10.2. The number of rotatable bonds is 8. The van der Waals surface area contributed by atoms with Crippen LogP contribution in [0.15, 0.2) is 69.0 Å². The number of aliphatic hydroxyl groups excluding tert-OH is 1. The summed E-state index contributed by atoms with van der Waals surface area (Å²) in [5.74, 6) is -0.922. The second-order valence-electron chi connectivity index (χ2n) is 7.09. The quantitative estimate of drug-likeness (QED) is 0.605. The van der Waals surface area contributed by atoms with Gasteiger partial charge in [0.1, 0.15) is 5.76 Å². The van der Waals surface area contributed by atoms with Crippen molar-refractivity contribution in [3.05, 3.63) is 75.9 Å². The van der Waals surface area contributed by atoms with E-state index < -0.39 is 23.5 Å². The van der Waals surface area contributed by atoms with E-state index in [2.05, 4.69) is 15.9 Å². The van der Waals surface area contributed by atoms with Crippen molar-refractivity contribution in [2.45, 2.75) is 12.5 Å². The van der Waals surface area contributed by atoms with Crippen LogP contribution in [0.1, 0.15) is 23.8 Å². The number of hydrogen-bond donors (Lipinski definition) is 1. The van der Waals surface area contributed by atoms with Crippen molar-refractivity contribution in [1.29, 1.82) is 0 Å². The van der Waals surface area contributed by atoms with Gasteiger partial charge in [-0.25, -0.2) is 0 Å². The Balaban J connectivity index is 1.94. The summed E-state index contributed by atoms with van der Waals surface area (Å²) in [5, 5.41) is 10.6. The van der Waals surface area contributed by atoms with E-state index in [0.717, 1.165) is 23.0 Å². The van der Waals surface area contributed by atoms with Crippen molar-refractivity contribution in [2.75, 3.05) is 27.2 Å². The second-order valence-corrected chi connectivity index (χ2v) is 8.00. The molecule has 2 heterocycles. The molecule has 1 N–H and O–H groups in total. The molecule has 6 nitrogen and oxygen atoms in total. The molecule has 1 unspecified atom stereocenters. The van der Waals surface area contributed by atoms with Gasteiger partial charge in [0.15, 0.2) is 11.5 Å². The highest BCUT2D eigenvalue weighted by molar-refractivity contribution is 9.10. The predicted octanol–water partition coefficient (Wildman–Crippen LogP) is 3.97. The van der Waals surface area contributed by atoms with Gasteiger partial charge < -0.3 is 19.3 Å². The summed E-state index contributed by atoms with van der Waals surface area (Å²) in [4.78, 5) is 29.3. The summed E-state index contributed by atoms with van der Waals surface area (Å²) >= 11 is 3.45. The van der Waals surface area contributed by atoms with E-state index in [9.17, 15) is 14.7 Å². The largest absolute Gasteiger partial charge is 0.503 e. The Morgan fingerprint density at radius 2 is 2.10 bits per heavy atom. The minimum absolute atomic E-state index is 0.0840. The molecule has 1 aliphatic rings. The summed E-state index contributed by atoms with van der Waals surface area (Å²) in [7, 11) is 3.92. The molecule has 29 heavy (non-hydrogen) atoms. The van der Waals surface area contributed by atoms with Crippen LogP contribution >= 0.6 is 15.9 Å². The average Bonchev–Trinajstić information content (AvgIpc) is 3.28. The standard InChI is InChI=1S/C22H23BrN2O4/c1-24(2)11-5-12-25-20(15-6-3-7-16(23)14-15)19(21(27)22(25)28)18(26)10-9-17-8-4-13-29-17/h3-4,6-10,13-14,20,27H,5,11-12H2,1-2H3/b10-9+. The van der Waals surface area contributed by atoms with Gasteiger partial charge in [0.25, 0.3) is 5.91 Å². The molecule has 1 amide bonds. The molecular weight excluding hydrogens is 436 g/mol. The van der Waals surface area contributed by atoms with Gasteiger partial charge in [-0.1, -0.05) is 28.1 Å². The first kappa shape index (κ1) is 21.1. The maximum Gasteiger partial charge on any atom is 0.290 e. The Morgan fingerprint density at radius 1 is 1.31 bits per heavy atom. The Bertz CT molecular complexity index is 947. The number of aliphatic hydroxyl groups is 1. The molecular formula is C22H23BrN2O4. The minimum Gasteiger partial charge on any atom is -0.503 e. The van der Waals surface area contributed by atoms with Gasteiger partial charge in [0.2, 0.25) is 0 Å². The third-order valence-corrected chi connectivity index (χ3v) is 5.17. The highest BCUT2D eigenvalue weighted by atomic mass is 79.9. The van der Waals surface area contributed by atoms with Gasteiger partial charge in [-0.3, -0.25) is 9.59 Å². The van der Waals surface area contributed by atoms with Crippen LogP contribution in [0.25, 0.3) is 6.08 Å². The molecule has 1 aliphatic heterocycles. The molecule has 0 saturated carbocycles. The van der Waals surface area contributed by atoms with E-state index in [0.29, 0.717) is 12.3 Å². The second kappa shape index (κ2) is 9.24. The number of carbonyl (C=O) groups excluding carboxylic acids is 2. The molecule has 7 heteroatoms. The lowest BCUT2D eigenvalue weighted by Gasteiger charge is -2.27. The highest BCUT2D eigenvalue weighted by Gasteiger charge is 2.42. The van der Waals surface area contributed by atoms with Crippen molar-refractivity contribution in [2.24, 2.45) is 0 Å². The lowest BCUT2D eigenvalue weighted by molar-refractivity contribution is -0.129. The van der Waals surface area contributed by atoms with Crippen LogP contribution in [0, 0.1) is 0 Å². The molecule has 152 valence electrons. The van der Waals surface area contributed by atoms with Crippen LogP contribution in [0.3, 0.4) is 0 Å². The number of ketones is 1. The average molecular weight is 459 g/mol. The third-order valence-electron chi connectivity index (χ3n) is 4.68. The molecule has 0 saturated heterocycles. The lowest BCUT2D eigenvalue weighted by Crippen LogP contribution is -2.33. The molecule has 2 aromatic rings. The Morgan fingerprint density at radius 3 is 2.76 bits per heavy atom. The zero-order valence-electron chi connectivity index (χ0n) is 16.3. The predicted molar refractivity (Wildman–Crippen MR) is 114 cm³/mol. The zero-order chi connectivity index (χ0) is 21.0. The molecule has 1 aromatic heterocycles. The highest BCUT2D eigenvalue weighted by Crippen LogP contribution is 2.38. The molecule has 0 aliphatic carbocycles. The van der Waals surface area contributed by atoms with Gasteiger partial charge in [-0.2, -0.15) is 0 Å². The van der Waals surface area contributed by atoms with Gasteiger partial charge in [-0.15, -0.1) is 0 Å². The molecule has 1 aromatic carbocycles. The van der Waals surface area contributed by atoms with Gasteiger partial charge in [0.05, 0.1) is 17.9 Å². The van der Waals surface area contributed by atoms with Crippen molar-refractivity contribution in [1.82, 2.24) is 9.80 Å². The van der Waals surface area contributed by atoms with Crippen LogP contribution in [0.4, 0.5) is 0 Å². The van der Waals surface area contributed by atoms with Crippen LogP contribution in [0.5, 0.6) is 0 Å². The van der Waals surface area contributed by atoms with E-state index in [1.807, 2.05) is 43.3 Å². The monoisotopic (exact) mass is 458 g/mol. The van der Waals surface area contributed by atoms with Crippen LogP contribution in [-0.2, 0) is 9.59 Å². The first-order valence-electron chi connectivity index (χ1n) is 9.28. The smallest absolute Gasteiger partial charge is 0.290 e. The molecule has 1 atom stereocenters. The number of halogens is 1. The van der Waals surface area contributed by atoms with Gasteiger partial charge in [0, 0.05) is 11.0 Å². The summed E-state index contributed by atoms with van der Waals surface area (Å²) in [6.07, 6.45) is 5.09. The van der Waals surface area contributed by atoms with Gasteiger partial charge in [-0.05, 0) is 69.0 Å².